The topological polar surface area (TPSA) is 57.9 Å². The van der Waals surface area contributed by atoms with Gasteiger partial charge in [0.05, 0.1) is 11.9 Å². The predicted octanol–water partition coefficient (Wildman–Crippen LogP) is 3.60. The van der Waals surface area contributed by atoms with Crippen molar-refractivity contribution in [3.63, 3.8) is 0 Å². The van der Waals surface area contributed by atoms with Crippen molar-refractivity contribution in [2.45, 2.75) is 6.36 Å². The Bertz CT molecular complexity index is 615. The minimum atomic E-state index is -4.70. The maximum Gasteiger partial charge on any atom is 0.573 e. The Kier molecular flexibility index (Phi) is 3.75. The van der Waals surface area contributed by atoms with Gasteiger partial charge in [-0.2, -0.15) is 5.26 Å². The molecule has 7 heteroatoms. The number of hydrogen-bond acceptors (Lipinski definition) is 4. The molecule has 4 nitrogen and oxygen atoms in total. The molecule has 1 aromatic heterocycles. The van der Waals surface area contributed by atoms with Crippen molar-refractivity contribution < 1.29 is 17.9 Å². The Labute approximate surface area is 112 Å². The van der Waals surface area contributed by atoms with E-state index in [1.165, 1.54) is 36.5 Å². The molecule has 2 aromatic rings. The molecule has 0 aliphatic carbocycles. The summed E-state index contributed by atoms with van der Waals surface area (Å²) in [5.74, 6) is -0.291. The van der Waals surface area contributed by atoms with Crippen molar-refractivity contribution in [2.75, 3.05) is 5.32 Å². The van der Waals surface area contributed by atoms with E-state index in [0.29, 0.717) is 11.4 Å². The number of nitriles is 1. The predicted molar refractivity (Wildman–Crippen MR) is 65.4 cm³/mol. The van der Waals surface area contributed by atoms with Crippen molar-refractivity contribution in [1.82, 2.24) is 4.98 Å². The van der Waals surface area contributed by atoms with Crippen LogP contribution in [0, 0.1) is 11.3 Å². The lowest BCUT2D eigenvalue weighted by Crippen LogP contribution is -2.16. The van der Waals surface area contributed by atoms with E-state index < -0.39 is 6.36 Å². The molecule has 0 spiro atoms. The number of nitrogens with one attached hydrogen (secondary N) is 1. The van der Waals surface area contributed by atoms with Crippen LogP contribution in [-0.4, -0.2) is 11.3 Å². The van der Waals surface area contributed by atoms with Gasteiger partial charge < -0.3 is 10.1 Å². The van der Waals surface area contributed by atoms with Crippen LogP contribution in [0.2, 0.25) is 0 Å². The Hall–Kier alpha value is -2.75. The maximum atomic E-state index is 12.0. The van der Waals surface area contributed by atoms with Crippen molar-refractivity contribution in [3.8, 4) is 11.8 Å². The second kappa shape index (κ2) is 5.48. The van der Waals surface area contributed by atoms with E-state index in [1.54, 1.807) is 6.07 Å². The van der Waals surface area contributed by atoms with Crippen LogP contribution in [-0.2, 0) is 0 Å². The highest BCUT2D eigenvalue weighted by Crippen LogP contribution is 2.25. The number of rotatable bonds is 3. The smallest absolute Gasteiger partial charge is 0.406 e. The number of halogens is 3. The molecule has 1 N–H and O–H groups in total. The van der Waals surface area contributed by atoms with Gasteiger partial charge in [0.25, 0.3) is 0 Å². The lowest BCUT2D eigenvalue weighted by atomic mass is 10.3. The molecule has 1 aromatic carbocycles. The second-order valence-corrected chi connectivity index (χ2v) is 3.74. The van der Waals surface area contributed by atoms with Crippen molar-refractivity contribution in [3.05, 3.63) is 48.3 Å². The molecular weight excluding hydrogens is 271 g/mol. The van der Waals surface area contributed by atoms with E-state index in [4.69, 9.17) is 5.26 Å². The molecule has 0 unspecified atom stereocenters. The summed E-state index contributed by atoms with van der Waals surface area (Å²) in [5.41, 5.74) is 1.48. The fourth-order valence-electron chi connectivity index (χ4n) is 1.44. The minimum absolute atomic E-state index is 0.282. The molecule has 0 radical (unpaired) electrons. The number of nitrogens with zero attached hydrogens (tertiary/aromatic N) is 2. The minimum Gasteiger partial charge on any atom is -0.406 e. The quantitative estimate of drug-likeness (QED) is 0.932. The SMILES string of the molecule is N#Cc1ccc(Nc2ccc(OC(F)(F)F)cc2)cn1. The zero-order chi connectivity index (χ0) is 14.6. The Balaban J connectivity index is 2.05. The third-order valence-corrected chi connectivity index (χ3v) is 2.25. The number of benzene rings is 1. The average Bonchev–Trinajstić information content (AvgIpc) is 2.40. The largest absolute Gasteiger partial charge is 0.573 e. The highest BCUT2D eigenvalue weighted by molar-refractivity contribution is 5.59. The number of ether oxygens (including phenoxy) is 1. The Morgan fingerprint density at radius 3 is 2.20 bits per heavy atom. The summed E-state index contributed by atoms with van der Waals surface area (Å²) in [6.45, 7) is 0. The van der Waals surface area contributed by atoms with Gasteiger partial charge in [0.15, 0.2) is 0 Å². The van der Waals surface area contributed by atoms with E-state index in [-0.39, 0.29) is 11.4 Å². The lowest BCUT2D eigenvalue weighted by molar-refractivity contribution is -0.274. The van der Waals surface area contributed by atoms with Gasteiger partial charge in [0.1, 0.15) is 17.5 Å². The first kappa shape index (κ1) is 13.7. The monoisotopic (exact) mass is 279 g/mol. The molecule has 0 amide bonds. The lowest BCUT2D eigenvalue weighted by Gasteiger charge is -2.10. The fraction of sp³-hybridized carbons (Fsp3) is 0.0769. The highest BCUT2D eigenvalue weighted by atomic mass is 19.4. The molecule has 20 heavy (non-hydrogen) atoms. The molecule has 0 aliphatic heterocycles. The number of aromatic nitrogens is 1. The van der Waals surface area contributed by atoms with Crippen LogP contribution in [0.1, 0.15) is 5.69 Å². The van der Waals surface area contributed by atoms with Crippen LogP contribution >= 0.6 is 0 Å². The van der Waals surface area contributed by atoms with Crippen LogP contribution < -0.4 is 10.1 Å². The maximum absolute atomic E-state index is 12.0. The fourth-order valence-corrected chi connectivity index (χ4v) is 1.44. The van der Waals surface area contributed by atoms with Gasteiger partial charge in [-0.1, -0.05) is 0 Å². The summed E-state index contributed by atoms with van der Waals surface area (Å²) in [6.07, 6.45) is -3.25. The second-order valence-electron chi connectivity index (χ2n) is 3.74. The first-order valence-electron chi connectivity index (χ1n) is 5.45. The molecule has 2 rings (SSSR count). The molecule has 0 bridgehead atoms. The molecule has 0 aliphatic rings. The highest BCUT2D eigenvalue weighted by Gasteiger charge is 2.30. The zero-order valence-electron chi connectivity index (χ0n) is 9.98. The van der Waals surface area contributed by atoms with Gasteiger partial charge in [0, 0.05) is 5.69 Å². The summed E-state index contributed by atoms with van der Waals surface area (Å²) in [5, 5.41) is 11.5. The van der Waals surface area contributed by atoms with Gasteiger partial charge >= 0.3 is 6.36 Å². The van der Waals surface area contributed by atoms with Crippen molar-refractivity contribution in [1.29, 1.82) is 5.26 Å². The van der Waals surface area contributed by atoms with E-state index in [1.807, 2.05) is 6.07 Å². The van der Waals surface area contributed by atoms with Crippen LogP contribution in [0.25, 0.3) is 0 Å². The normalized spacial score (nSPS) is 10.7. The van der Waals surface area contributed by atoms with Gasteiger partial charge in [-0.15, -0.1) is 13.2 Å². The number of pyridine rings is 1. The van der Waals surface area contributed by atoms with E-state index in [2.05, 4.69) is 15.0 Å². The first-order chi connectivity index (χ1) is 9.46. The third kappa shape index (κ3) is 3.88. The molecule has 102 valence electrons. The number of anilines is 2. The van der Waals surface area contributed by atoms with Gasteiger partial charge in [-0.25, -0.2) is 4.98 Å². The van der Waals surface area contributed by atoms with Gasteiger partial charge in [-0.3, -0.25) is 0 Å². The summed E-state index contributed by atoms with van der Waals surface area (Å²) < 4.78 is 39.7. The first-order valence-corrected chi connectivity index (χ1v) is 5.45. The molecule has 0 saturated carbocycles. The molecule has 1 heterocycles. The number of hydrogen-bond donors (Lipinski definition) is 1. The van der Waals surface area contributed by atoms with E-state index >= 15 is 0 Å². The van der Waals surface area contributed by atoms with E-state index in [9.17, 15) is 13.2 Å². The standard InChI is InChI=1S/C13H8F3N3O/c14-13(15,16)20-12-5-3-9(4-6-12)19-11-2-1-10(7-17)18-8-11/h1-6,8,19H. The molecule has 0 saturated heterocycles. The summed E-state index contributed by atoms with van der Waals surface area (Å²) in [7, 11) is 0. The summed E-state index contributed by atoms with van der Waals surface area (Å²) in [6, 6.07) is 10.4. The molecular formula is C13H8F3N3O. The van der Waals surface area contributed by atoms with Crippen molar-refractivity contribution >= 4 is 11.4 Å². The van der Waals surface area contributed by atoms with Gasteiger partial charge in [-0.05, 0) is 36.4 Å². The average molecular weight is 279 g/mol. The Morgan fingerprint density at radius 2 is 1.70 bits per heavy atom. The molecule has 0 atom stereocenters. The van der Waals surface area contributed by atoms with E-state index in [0.717, 1.165) is 0 Å². The number of alkyl halides is 3. The zero-order valence-corrected chi connectivity index (χ0v) is 9.98. The van der Waals surface area contributed by atoms with Crippen LogP contribution in [0.15, 0.2) is 42.6 Å². The Morgan fingerprint density at radius 1 is 1.05 bits per heavy atom. The summed E-state index contributed by atoms with van der Waals surface area (Å²) in [4.78, 5) is 3.86. The third-order valence-electron chi connectivity index (χ3n) is 2.25. The molecule has 0 fully saturated rings. The van der Waals surface area contributed by atoms with Gasteiger partial charge in [0.2, 0.25) is 0 Å². The van der Waals surface area contributed by atoms with Crippen LogP contribution in [0.5, 0.6) is 5.75 Å². The summed E-state index contributed by atoms with van der Waals surface area (Å²) >= 11 is 0. The van der Waals surface area contributed by atoms with Crippen LogP contribution in [0.3, 0.4) is 0 Å². The van der Waals surface area contributed by atoms with Crippen LogP contribution in [0.4, 0.5) is 24.5 Å². The van der Waals surface area contributed by atoms with Crippen molar-refractivity contribution in [2.24, 2.45) is 0 Å².